The predicted molar refractivity (Wildman–Crippen MR) is 83.3 cm³/mol. The van der Waals surface area contributed by atoms with Crippen molar-refractivity contribution in [3.63, 3.8) is 0 Å². The van der Waals surface area contributed by atoms with Crippen molar-refractivity contribution in [3.05, 3.63) is 40.9 Å². The van der Waals surface area contributed by atoms with Gasteiger partial charge in [-0.25, -0.2) is 9.78 Å². The van der Waals surface area contributed by atoms with Gasteiger partial charge < -0.3 is 15.2 Å². The summed E-state index contributed by atoms with van der Waals surface area (Å²) < 4.78 is 43.0. The SMILES string of the molecule is COCC(NC(=O)c1csc(-c2cccc(C(F)(F)F)c2)n1)C(=O)O. The third kappa shape index (κ3) is 4.77. The van der Waals surface area contributed by atoms with Crippen LogP contribution in [0.4, 0.5) is 13.2 Å². The Morgan fingerprint density at radius 3 is 2.72 bits per heavy atom. The summed E-state index contributed by atoms with van der Waals surface area (Å²) in [6.45, 7) is -0.230. The molecule has 2 rings (SSSR count). The molecule has 1 amide bonds. The number of amides is 1. The molecule has 1 aromatic heterocycles. The number of rotatable bonds is 6. The summed E-state index contributed by atoms with van der Waals surface area (Å²) in [5, 5.41) is 12.8. The number of alkyl halides is 3. The Hall–Kier alpha value is -2.46. The van der Waals surface area contributed by atoms with Crippen molar-refractivity contribution in [2.45, 2.75) is 12.2 Å². The molecule has 0 saturated carbocycles. The summed E-state index contributed by atoms with van der Waals surface area (Å²) >= 11 is 0.981. The first-order valence-corrected chi connectivity index (χ1v) is 7.76. The second-order valence-electron chi connectivity index (χ2n) is 4.94. The van der Waals surface area contributed by atoms with Crippen LogP contribution in [0, 0.1) is 0 Å². The summed E-state index contributed by atoms with van der Waals surface area (Å²) in [6.07, 6.45) is -4.48. The van der Waals surface area contributed by atoms with Gasteiger partial charge >= 0.3 is 12.1 Å². The van der Waals surface area contributed by atoms with Gasteiger partial charge in [0.25, 0.3) is 5.91 Å². The van der Waals surface area contributed by atoms with Crippen LogP contribution in [0.25, 0.3) is 10.6 Å². The van der Waals surface area contributed by atoms with Gasteiger partial charge in [-0.1, -0.05) is 12.1 Å². The number of hydrogen-bond donors (Lipinski definition) is 2. The van der Waals surface area contributed by atoms with Gasteiger partial charge in [-0.2, -0.15) is 13.2 Å². The average Bonchev–Trinajstić information content (AvgIpc) is 3.03. The first-order valence-electron chi connectivity index (χ1n) is 6.88. The Kier molecular flexibility index (Phi) is 5.75. The van der Waals surface area contributed by atoms with Crippen molar-refractivity contribution in [1.29, 1.82) is 0 Å². The molecular formula is C15H13F3N2O4S. The number of nitrogens with one attached hydrogen (secondary N) is 1. The van der Waals surface area contributed by atoms with Gasteiger partial charge in [0, 0.05) is 18.1 Å². The molecule has 1 atom stereocenters. The molecule has 2 aromatic rings. The van der Waals surface area contributed by atoms with E-state index >= 15 is 0 Å². The van der Waals surface area contributed by atoms with Crippen LogP contribution in [0.15, 0.2) is 29.6 Å². The van der Waals surface area contributed by atoms with E-state index in [0.29, 0.717) is 0 Å². The molecule has 0 fully saturated rings. The lowest BCUT2D eigenvalue weighted by atomic mass is 10.1. The number of aromatic nitrogens is 1. The second-order valence-corrected chi connectivity index (χ2v) is 5.79. The maximum Gasteiger partial charge on any atom is 0.416 e. The van der Waals surface area contributed by atoms with Gasteiger partial charge in [0.2, 0.25) is 0 Å². The van der Waals surface area contributed by atoms with Crippen LogP contribution in [-0.4, -0.2) is 41.7 Å². The lowest BCUT2D eigenvalue weighted by Gasteiger charge is -2.12. The summed E-state index contributed by atoms with van der Waals surface area (Å²) in [5.41, 5.74) is -0.692. The molecule has 25 heavy (non-hydrogen) atoms. The van der Waals surface area contributed by atoms with Crippen molar-refractivity contribution >= 4 is 23.2 Å². The summed E-state index contributed by atoms with van der Waals surface area (Å²) in [7, 11) is 1.29. The molecule has 0 aliphatic heterocycles. The molecule has 134 valence electrons. The number of aliphatic carboxylic acids is 1. The first kappa shape index (κ1) is 18.9. The number of benzene rings is 1. The van der Waals surface area contributed by atoms with Gasteiger partial charge in [0.1, 0.15) is 10.7 Å². The minimum atomic E-state index is -4.48. The Balaban J connectivity index is 2.20. The number of nitrogens with zero attached hydrogens (tertiary/aromatic N) is 1. The third-order valence-electron chi connectivity index (χ3n) is 3.11. The predicted octanol–water partition coefficient (Wildman–Crippen LogP) is 2.66. The van der Waals surface area contributed by atoms with Crippen molar-refractivity contribution in [2.75, 3.05) is 13.7 Å². The zero-order valence-corrected chi connectivity index (χ0v) is 13.6. The molecule has 2 N–H and O–H groups in total. The number of halogens is 3. The van der Waals surface area contributed by atoms with Gasteiger partial charge in [-0.05, 0) is 12.1 Å². The lowest BCUT2D eigenvalue weighted by molar-refractivity contribution is -0.140. The number of carbonyl (C=O) groups excluding carboxylic acids is 1. The van der Waals surface area contributed by atoms with Crippen LogP contribution in [0.5, 0.6) is 0 Å². The van der Waals surface area contributed by atoms with Crippen molar-refractivity contribution in [3.8, 4) is 10.6 Å². The third-order valence-corrected chi connectivity index (χ3v) is 4.00. The maximum absolute atomic E-state index is 12.8. The normalized spacial score (nSPS) is 12.6. The van der Waals surface area contributed by atoms with Gasteiger partial charge in [-0.15, -0.1) is 11.3 Å². The highest BCUT2D eigenvalue weighted by Crippen LogP contribution is 2.33. The highest BCUT2D eigenvalue weighted by atomic mass is 32.1. The molecule has 0 aliphatic rings. The number of carboxylic acid groups (broad SMARTS) is 1. The van der Waals surface area contributed by atoms with Crippen molar-refractivity contribution in [1.82, 2.24) is 10.3 Å². The van der Waals surface area contributed by atoms with Crippen LogP contribution < -0.4 is 5.32 Å². The Morgan fingerprint density at radius 2 is 2.12 bits per heavy atom. The van der Waals surface area contributed by atoms with Crippen LogP contribution in [0.3, 0.4) is 0 Å². The summed E-state index contributed by atoms with van der Waals surface area (Å²) in [6, 6.07) is 3.31. The number of carbonyl (C=O) groups is 2. The Labute approximate surface area is 144 Å². The molecular weight excluding hydrogens is 361 g/mol. The molecule has 1 unspecified atom stereocenters. The number of thiazole rings is 1. The highest BCUT2D eigenvalue weighted by molar-refractivity contribution is 7.13. The second kappa shape index (κ2) is 7.62. The zero-order valence-electron chi connectivity index (χ0n) is 12.8. The molecule has 0 saturated heterocycles. The summed E-state index contributed by atoms with van der Waals surface area (Å²) in [4.78, 5) is 27.0. The van der Waals surface area contributed by atoms with E-state index < -0.39 is 29.7 Å². The highest BCUT2D eigenvalue weighted by Gasteiger charge is 2.30. The van der Waals surface area contributed by atoms with E-state index in [4.69, 9.17) is 9.84 Å². The van der Waals surface area contributed by atoms with E-state index in [1.165, 1.54) is 24.6 Å². The number of carboxylic acids is 1. The van der Waals surface area contributed by atoms with E-state index in [9.17, 15) is 22.8 Å². The van der Waals surface area contributed by atoms with Crippen LogP contribution in [-0.2, 0) is 15.7 Å². The largest absolute Gasteiger partial charge is 0.480 e. The number of ether oxygens (including phenoxy) is 1. The van der Waals surface area contributed by atoms with Crippen molar-refractivity contribution < 1.29 is 32.6 Å². The van der Waals surface area contributed by atoms with Gasteiger partial charge in [0.15, 0.2) is 6.04 Å². The van der Waals surface area contributed by atoms with Gasteiger partial charge in [0.05, 0.1) is 12.2 Å². The molecule has 0 aliphatic carbocycles. The molecule has 10 heteroatoms. The standard InChI is InChI=1S/C15H13F3N2O4S/c1-24-6-10(14(22)23)19-12(21)11-7-25-13(20-11)8-3-2-4-9(5-8)15(16,17)18/h2-5,7,10H,6H2,1H3,(H,19,21)(H,22,23). The van der Waals surface area contributed by atoms with E-state index in [-0.39, 0.29) is 22.9 Å². The van der Waals surface area contributed by atoms with E-state index in [1.54, 1.807) is 0 Å². The maximum atomic E-state index is 12.8. The molecule has 0 bridgehead atoms. The lowest BCUT2D eigenvalue weighted by Crippen LogP contribution is -2.43. The fourth-order valence-electron chi connectivity index (χ4n) is 1.91. The first-order chi connectivity index (χ1) is 11.7. The smallest absolute Gasteiger partial charge is 0.416 e. The molecule has 0 radical (unpaired) electrons. The number of hydrogen-bond acceptors (Lipinski definition) is 5. The molecule has 1 aromatic carbocycles. The van der Waals surface area contributed by atoms with Crippen LogP contribution in [0.2, 0.25) is 0 Å². The summed E-state index contributed by atoms with van der Waals surface area (Å²) in [5.74, 6) is -2.03. The minimum absolute atomic E-state index is 0.0836. The average molecular weight is 374 g/mol. The van der Waals surface area contributed by atoms with E-state index in [0.717, 1.165) is 23.5 Å². The minimum Gasteiger partial charge on any atom is -0.480 e. The Morgan fingerprint density at radius 1 is 1.40 bits per heavy atom. The van der Waals surface area contributed by atoms with Crippen LogP contribution in [0.1, 0.15) is 16.1 Å². The fraction of sp³-hybridized carbons (Fsp3) is 0.267. The van der Waals surface area contributed by atoms with E-state index in [1.807, 2.05) is 0 Å². The quantitative estimate of drug-likeness (QED) is 0.812. The molecule has 6 nitrogen and oxygen atoms in total. The van der Waals surface area contributed by atoms with Gasteiger partial charge in [-0.3, -0.25) is 4.79 Å². The molecule has 0 spiro atoms. The Bertz CT molecular complexity index is 776. The fourth-order valence-corrected chi connectivity index (χ4v) is 2.71. The monoisotopic (exact) mass is 374 g/mol. The zero-order chi connectivity index (χ0) is 18.6. The topological polar surface area (TPSA) is 88.5 Å². The number of methoxy groups -OCH3 is 1. The molecule has 1 heterocycles. The van der Waals surface area contributed by atoms with E-state index in [2.05, 4.69) is 10.3 Å². The van der Waals surface area contributed by atoms with Crippen molar-refractivity contribution in [2.24, 2.45) is 0 Å². The van der Waals surface area contributed by atoms with Crippen LogP contribution >= 0.6 is 11.3 Å².